The van der Waals surface area contributed by atoms with Crippen LogP contribution in [0.1, 0.15) is 30.1 Å². The number of furan rings is 1. The quantitative estimate of drug-likeness (QED) is 0.813. The first-order valence-corrected chi connectivity index (χ1v) is 5.22. The molecule has 0 spiro atoms. The monoisotopic (exact) mass is 231 g/mol. The van der Waals surface area contributed by atoms with E-state index in [-0.39, 0.29) is 17.7 Å². The molecule has 1 unspecified atom stereocenters. The lowest BCUT2D eigenvalue weighted by Crippen LogP contribution is -2.31. The smallest absolute Gasteiger partial charge is 0.256 e. The first kappa shape index (κ1) is 12.1. The summed E-state index contributed by atoms with van der Waals surface area (Å²) < 4.78 is 4.78. The summed E-state index contributed by atoms with van der Waals surface area (Å²) >= 11 is 5.62. The Bertz CT molecular complexity index is 324. The van der Waals surface area contributed by atoms with E-state index < -0.39 is 6.10 Å². The summed E-state index contributed by atoms with van der Waals surface area (Å²) in [6, 6.07) is 1.49. The number of hydrogen-bond acceptors (Lipinski definition) is 3. The Labute approximate surface area is 93.2 Å². The Morgan fingerprint density at radius 2 is 2.47 bits per heavy atom. The molecule has 2 N–H and O–H groups in total. The van der Waals surface area contributed by atoms with Gasteiger partial charge in [0.15, 0.2) is 0 Å². The molecule has 1 amide bonds. The standard InChI is InChI=1S/C10H14ClNO3/c1-2-3-7(13)6-12-10(14)8-4-5-15-9(8)11/h4-5,7,13H,2-3,6H2,1H3,(H,12,14). The predicted molar refractivity (Wildman–Crippen MR) is 57.0 cm³/mol. The molecule has 0 aliphatic heterocycles. The summed E-state index contributed by atoms with van der Waals surface area (Å²) in [6.07, 6.45) is 2.38. The van der Waals surface area contributed by atoms with E-state index in [1.807, 2.05) is 6.92 Å². The van der Waals surface area contributed by atoms with Crippen molar-refractivity contribution >= 4 is 17.5 Å². The molecule has 0 aromatic carbocycles. The second kappa shape index (κ2) is 5.78. The third-order valence-electron chi connectivity index (χ3n) is 1.98. The highest BCUT2D eigenvalue weighted by molar-refractivity contribution is 6.32. The van der Waals surface area contributed by atoms with Crippen LogP contribution in [0.2, 0.25) is 5.22 Å². The van der Waals surface area contributed by atoms with Crippen LogP contribution in [-0.2, 0) is 0 Å². The van der Waals surface area contributed by atoms with Crippen molar-refractivity contribution in [3.05, 3.63) is 23.1 Å². The third-order valence-corrected chi connectivity index (χ3v) is 2.28. The molecule has 5 heteroatoms. The molecule has 84 valence electrons. The van der Waals surface area contributed by atoms with E-state index in [2.05, 4.69) is 5.32 Å². The second-order valence-electron chi connectivity index (χ2n) is 3.26. The number of amides is 1. The zero-order valence-electron chi connectivity index (χ0n) is 8.50. The Morgan fingerprint density at radius 3 is 3.00 bits per heavy atom. The molecular weight excluding hydrogens is 218 g/mol. The van der Waals surface area contributed by atoms with Gasteiger partial charge in [0.2, 0.25) is 5.22 Å². The fourth-order valence-corrected chi connectivity index (χ4v) is 1.40. The summed E-state index contributed by atoms with van der Waals surface area (Å²) in [4.78, 5) is 11.5. The molecule has 0 aliphatic rings. The Hall–Kier alpha value is -1.00. The van der Waals surface area contributed by atoms with Gasteiger partial charge in [-0.15, -0.1) is 0 Å². The maximum absolute atomic E-state index is 11.5. The van der Waals surface area contributed by atoms with Crippen LogP contribution in [0.3, 0.4) is 0 Å². The lowest BCUT2D eigenvalue weighted by molar-refractivity contribution is 0.0909. The highest BCUT2D eigenvalue weighted by Crippen LogP contribution is 2.16. The zero-order valence-corrected chi connectivity index (χ0v) is 9.25. The minimum atomic E-state index is -0.510. The van der Waals surface area contributed by atoms with Crippen molar-refractivity contribution in [1.29, 1.82) is 0 Å². The topological polar surface area (TPSA) is 62.5 Å². The maximum atomic E-state index is 11.5. The van der Waals surface area contributed by atoms with Gasteiger partial charge in [-0.3, -0.25) is 4.79 Å². The van der Waals surface area contributed by atoms with Gasteiger partial charge in [0.1, 0.15) is 0 Å². The molecule has 1 rings (SSSR count). The first-order chi connectivity index (χ1) is 7.15. The van der Waals surface area contributed by atoms with Crippen LogP contribution < -0.4 is 5.32 Å². The molecule has 0 bridgehead atoms. The van der Waals surface area contributed by atoms with Crippen molar-refractivity contribution in [1.82, 2.24) is 5.32 Å². The Balaban J connectivity index is 2.40. The van der Waals surface area contributed by atoms with E-state index in [4.69, 9.17) is 16.0 Å². The highest BCUT2D eigenvalue weighted by atomic mass is 35.5. The number of aliphatic hydroxyl groups excluding tert-OH is 1. The van der Waals surface area contributed by atoms with Crippen molar-refractivity contribution < 1.29 is 14.3 Å². The van der Waals surface area contributed by atoms with Gasteiger partial charge in [0.05, 0.1) is 17.9 Å². The van der Waals surface area contributed by atoms with Gasteiger partial charge in [-0.05, 0) is 24.1 Å². The minimum absolute atomic E-state index is 0.0671. The molecule has 0 saturated heterocycles. The average molecular weight is 232 g/mol. The van der Waals surface area contributed by atoms with Crippen molar-refractivity contribution in [3.63, 3.8) is 0 Å². The molecular formula is C10H14ClNO3. The fraction of sp³-hybridized carbons (Fsp3) is 0.500. The van der Waals surface area contributed by atoms with Crippen LogP contribution in [0.25, 0.3) is 0 Å². The van der Waals surface area contributed by atoms with E-state index in [1.54, 1.807) is 0 Å². The summed E-state index contributed by atoms with van der Waals surface area (Å²) in [5.74, 6) is -0.330. The van der Waals surface area contributed by atoms with E-state index in [1.165, 1.54) is 12.3 Å². The van der Waals surface area contributed by atoms with Gasteiger partial charge in [-0.2, -0.15) is 0 Å². The number of carbonyl (C=O) groups excluding carboxylic acids is 1. The summed E-state index contributed by atoms with van der Waals surface area (Å²) in [5.41, 5.74) is 0.292. The maximum Gasteiger partial charge on any atom is 0.256 e. The number of halogens is 1. The molecule has 0 aliphatic carbocycles. The van der Waals surface area contributed by atoms with Gasteiger partial charge in [-0.25, -0.2) is 0 Å². The van der Waals surface area contributed by atoms with Crippen LogP contribution in [0.5, 0.6) is 0 Å². The molecule has 1 heterocycles. The van der Waals surface area contributed by atoms with Crippen molar-refractivity contribution in [2.45, 2.75) is 25.9 Å². The summed E-state index contributed by atoms with van der Waals surface area (Å²) in [6.45, 7) is 2.20. The third kappa shape index (κ3) is 3.57. The SMILES string of the molecule is CCCC(O)CNC(=O)c1ccoc1Cl. The molecule has 4 nitrogen and oxygen atoms in total. The average Bonchev–Trinajstić information content (AvgIpc) is 2.61. The zero-order chi connectivity index (χ0) is 11.3. The fourth-order valence-electron chi connectivity index (χ4n) is 1.20. The molecule has 0 fully saturated rings. The lowest BCUT2D eigenvalue weighted by atomic mass is 10.2. The normalized spacial score (nSPS) is 12.5. The molecule has 0 radical (unpaired) electrons. The van der Waals surface area contributed by atoms with E-state index in [0.29, 0.717) is 12.0 Å². The first-order valence-electron chi connectivity index (χ1n) is 4.84. The van der Waals surface area contributed by atoms with Crippen molar-refractivity contribution in [2.75, 3.05) is 6.54 Å². The van der Waals surface area contributed by atoms with Crippen LogP contribution in [-0.4, -0.2) is 23.7 Å². The van der Waals surface area contributed by atoms with Gasteiger partial charge >= 0.3 is 0 Å². The van der Waals surface area contributed by atoms with Crippen molar-refractivity contribution in [3.8, 4) is 0 Å². The summed E-state index contributed by atoms with van der Waals surface area (Å²) in [7, 11) is 0. The number of rotatable bonds is 5. The largest absolute Gasteiger partial charge is 0.452 e. The Morgan fingerprint density at radius 1 is 1.73 bits per heavy atom. The van der Waals surface area contributed by atoms with Gasteiger partial charge in [0.25, 0.3) is 5.91 Å². The van der Waals surface area contributed by atoms with Crippen LogP contribution in [0.15, 0.2) is 16.7 Å². The van der Waals surface area contributed by atoms with Crippen LogP contribution >= 0.6 is 11.6 Å². The molecule has 15 heavy (non-hydrogen) atoms. The predicted octanol–water partition coefficient (Wildman–Crippen LogP) is 1.82. The van der Waals surface area contributed by atoms with E-state index in [9.17, 15) is 9.90 Å². The Kier molecular flexibility index (Phi) is 4.65. The second-order valence-corrected chi connectivity index (χ2v) is 3.60. The summed E-state index contributed by atoms with van der Waals surface area (Å²) in [5, 5.41) is 12.0. The molecule has 1 atom stereocenters. The number of carbonyl (C=O) groups is 1. The number of aliphatic hydroxyl groups is 1. The van der Waals surface area contributed by atoms with E-state index in [0.717, 1.165) is 6.42 Å². The molecule has 1 aromatic heterocycles. The minimum Gasteiger partial charge on any atom is -0.452 e. The molecule has 0 saturated carbocycles. The van der Waals surface area contributed by atoms with Gasteiger partial charge in [0, 0.05) is 6.54 Å². The number of hydrogen-bond donors (Lipinski definition) is 2. The number of nitrogens with one attached hydrogen (secondary N) is 1. The van der Waals surface area contributed by atoms with Gasteiger partial charge in [-0.1, -0.05) is 13.3 Å². The highest BCUT2D eigenvalue weighted by Gasteiger charge is 2.13. The van der Waals surface area contributed by atoms with Crippen LogP contribution in [0.4, 0.5) is 0 Å². The van der Waals surface area contributed by atoms with E-state index >= 15 is 0 Å². The molecule has 1 aromatic rings. The van der Waals surface area contributed by atoms with Crippen LogP contribution in [0, 0.1) is 0 Å². The van der Waals surface area contributed by atoms with Gasteiger partial charge < -0.3 is 14.8 Å². The lowest BCUT2D eigenvalue weighted by Gasteiger charge is -2.09. The van der Waals surface area contributed by atoms with Crippen molar-refractivity contribution in [2.24, 2.45) is 0 Å².